The molecule has 6 nitrogen and oxygen atoms in total. The van der Waals surface area contributed by atoms with E-state index in [4.69, 9.17) is 4.74 Å². The molecule has 0 unspecified atom stereocenters. The number of carbonyl (C=O) groups is 1. The summed E-state index contributed by atoms with van der Waals surface area (Å²) < 4.78 is 57.5. The Morgan fingerprint density at radius 3 is 2.46 bits per heavy atom. The Balaban J connectivity index is 2.14. The largest absolute Gasteiger partial charge is 0.482 e. The maximum atomic E-state index is 13.7. The minimum Gasteiger partial charge on any atom is -0.482 e. The van der Waals surface area contributed by atoms with Crippen molar-refractivity contribution >= 4 is 11.5 Å². The highest BCUT2D eigenvalue weighted by atomic mass is 19.4. The Labute approximate surface area is 145 Å². The lowest BCUT2D eigenvalue weighted by Crippen LogP contribution is -2.20. The Morgan fingerprint density at radius 2 is 1.92 bits per heavy atom. The maximum absolute atomic E-state index is 13.7. The summed E-state index contributed by atoms with van der Waals surface area (Å²) in [6.45, 7) is 0.964. The number of Topliss-reactive ketones (excluding diaryl/α,β-unsaturated/α-hetero) is 1. The number of non-ortho nitro benzene ring substituents is 1. The van der Waals surface area contributed by atoms with Gasteiger partial charge in [-0.2, -0.15) is 13.2 Å². The van der Waals surface area contributed by atoms with Gasteiger partial charge < -0.3 is 9.30 Å². The van der Waals surface area contributed by atoms with Crippen molar-refractivity contribution in [3.8, 4) is 5.75 Å². The summed E-state index contributed by atoms with van der Waals surface area (Å²) in [4.78, 5) is 22.0. The fraction of sp³-hybridized carbons (Fsp3) is 0.312. The van der Waals surface area contributed by atoms with Crippen molar-refractivity contribution in [2.45, 2.75) is 26.6 Å². The number of nitro groups is 1. The molecule has 0 saturated heterocycles. The first-order chi connectivity index (χ1) is 12.0. The minimum absolute atomic E-state index is 0.0362. The Morgan fingerprint density at radius 1 is 1.27 bits per heavy atom. The number of nitrogens with zero attached hydrogens (tertiary/aromatic N) is 2. The summed E-state index contributed by atoms with van der Waals surface area (Å²) in [5, 5.41) is 10.5. The number of hydrogen-bond donors (Lipinski definition) is 0. The van der Waals surface area contributed by atoms with E-state index in [9.17, 15) is 32.5 Å². The number of halogens is 4. The van der Waals surface area contributed by atoms with E-state index >= 15 is 0 Å². The summed E-state index contributed by atoms with van der Waals surface area (Å²) in [7, 11) is 0. The number of alkyl halides is 3. The number of nitro benzene ring substituents is 1. The number of carbonyl (C=O) groups excluding carboxylic acids is 1. The normalized spacial score (nSPS) is 11.5. The van der Waals surface area contributed by atoms with Gasteiger partial charge in [0.25, 0.3) is 5.69 Å². The number of aryl methyl sites for hydroxylation is 1. The number of rotatable bonds is 6. The van der Waals surface area contributed by atoms with E-state index in [1.165, 1.54) is 19.9 Å². The summed E-state index contributed by atoms with van der Waals surface area (Å²) in [6.07, 6.45) is -4.44. The third-order valence-corrected chi connectivity index (χ3v) is 3.70. The SMILES string of the molecule is Cc1cc(C(=O)COc2ccc([N+](=O)[O-])cc2F)c(C)n1CC(F)(F)F. The van der Waals surface area contributed by atoms with E-state index in [0.29, 0.717) is 6.07 Å². The molecule has 0 fully saturated rings. The van der Waals surface area contributed by atoms with E-state index in [-0.39, 0.29) is 22.7 Å². The molecule has 1 aromatic heterocycles. The van der Waals surface area contributed by atoms with Gasteiger partial charge in [-0.05, 0) is 26.0 Å². The highest BCUT2D eigenvalue weighted by Crippen LogP contribution is 2.25. The minimum atomic E-state index is -4.44. The van der Waals surface area contributed by atoms with Crippen molar-refractivity contribution < 1.29 is 32.0 Å². The Kier molecular flexibility index (Phi) is 5.33. The van der Waals surface area contributed by atoms with Gasteiger partial charge in [0.15, 0.2) is 18.2 Å². The van der Waals surface area contributed by atoms with Crippen molar-refractivity contribution in [2.24, 2.45) is 0 Å². The zero-order valence-corrected chi connectivity index (χ0v) is 13.8. The van der Waals surface area contributed by atoms with Crippen LogP contribution in [0.2, 0.25) is 0 Å². The highest BCUT2D eigenvalue weighted by Gasteiger charge is 2.30. The molecule has 1 heterocycles. The average molecular weight is 374 g/mol. The lowest BCUT2D eigenvalue weighted by atomic mass is 10.1. The van der Waals surface area contributed by atoms with Crippen molar-refractivity contribution in [2.75, 3.05) is 6.61 Å². The summed E-state index contributed by atoms with van der Waals surface area (Å²) in [5.41, 5.74) is -0.0618. The van der Waals surface area contributed by atoms with E-state index in [2.05, 4.69) is 0 Å². The molecule has 2 aromatic rings. The third kappa shape index (κ3) is 4.38. The zero-order chi connectivity index (χ0) is 19.6. The quantitative estimate of drug-likeness (QED) is 0.332. The molecule has 26 heavy (non-hydrogen) atoms. The lowest BCUT2D eigenvalue weighted by molar-refractivity contribution is -0.385. The van der Waals surface area contributed by atoms with Gasteiger partial charge in [-0.15, -0.1) is 0 Å². The predicted molar refractivity (Wildman–Crippen MR) is 82.8 cm³/mol. The molecule has 2 rings (SSSR count). The summed E-state index contributed by atoms with van der Waals surface area (Å²) in [6, 6.07) is 3.97. The smallest absolute Gasteiger partial charge is 0.406 e. The molecular formula is C16H14F4N2O4. The van der Waals surface area contributed by atoms with Gasteiger partial charge in [0.2, 0.25) is 5.78 Å². The first-order valence-electron chi connectivity index (χ1n) is 7.33. The van der Waals surface area contributed by atoms with Gasteiger partial charge in [0, 0.05) is 23.0 Å². The van der Waals surface area contributed by atoms with Crippen LogP contribution in [0, 0.1) is 29.8 Å². The van der Waals surface area contributed by atoms with Crippen LogP contribution < -0.4 is 4.74 Å². The van der Waals surface area contributed by atoms with E-state index < -0.39 is 41.5 Å². The molecule has 0 saturated carbocycles. The molecule has 0 bridgehead atoms. The van der Waals surface area contributed by atoms with E-state index in [0.717, 1.165) is 16.7 Å². The Bertz CT molecular complexity index is 859. The van der Waals surface area contributed by atoms with Crippen LogP contribution in [-0.4, -0.2) is 28.1 Å². The molecule has 10 heteroatoms. The van der Waals surface area contributed by atoms with Crippen LogP contribution in [0.4, 0.5) is 23.2 Å². The fourth-order valence-electron chi connectivity index (χ4n) is 2.45. The number of aromatic nitrogens is 1. The first kappa shape index (κ1) is 19.4. The molecule has 0 amide bonds. The van der Waals surface area contributed by atoms with Crippen LogP contribution in [0.15, 0.2) is 24.3 Å². The van der Waals surface area contributed by atoms with Crippen LogP contribution in [0.1, 0.15) is 21.7 Å². The molecule has 0 N–H and O–H groups in total. The van der Waals surface area contributed by atoms with Crippen molar-refractivity contribution in [1.29, 1.82) is 0 Å². The van der Waals surface area contributed by atoms with Crippen LogP contribution in [0.3, 0.4) is 0 Å². The van der Waals surface area contributed by atoms with Gasteiger partial charge in [0.1, 0.15) is 6.54 Å². The second kappa shape index (κ2) is 7.14. The second-order valence-electron chi connectivity index (χ2n) is 5.57. The maximum Gasteiger partial charge on any atom is 0.406 e. The van der Waals surface area contributed by atoms with Crippen molar-refractivity contribution in [1.82, 2.24) is 4.57 Å². The zero-order valence-electron chi connectivity index (χ0n) is 13.8. The molecular weight excluding hydrogens is 360 g/mol. The number of ether oxygens (including phenoxy) is 1. The lowest BCUT2D eigenvalue weighted by Gasteiger charge is -2.12. The first-order valence-corrected chi connectivity index (χ1v) is 7.33. The molecule has 1 aromatic carbocycles. The summed E-state index contributed by atoms with van der Waals surface area (Å²) >= 11 is 0. The third-order valence-electron chi connectivity index (χ3n) is 3.70. The van der Waals surface area contributed by atoms with Crippen molar-refractivity contribution in [3.05, 3.63) is 57.1 Å². The number of ketones is 1. The van der Waals surface area contributed by atoms with Crippen LogP contribution in [0.5, 0.6) is 5.75 Å². The monoisotopic (exact) mass is 374 g/mol. The van der Waals surface area contributed by atoms with Crippen LogP contribution in [0.25, 0.3) is 0 Å². The van der Waals surface area contributed by atoms with Gasteiger partial charge in [-0.3, -0.25) is 14.9 Å². The fourth-order valence-corrected chi connectivity index (χ4v) is 2.45. The van der Waals surface area contributed by atoms with Gasteiger partial charge in [0.05, 0.1) is 11.0 Å². The predicted octanol–water partition coefficient (Wildman–Crippen LogP) is 3.98. The van der Waals surface area contributed by atoms with Crippen molar-refractivity contribution in [3.63, 3.8) is 0 Å². The van der Waals surface area contributed by atoms with E-state index in [1.54, 1.807) is 0 Å². The molecule has 0 aliphatic heterocycles. The summed E-state index contributed by atoms with van der Waals surface area (Å²) in [5.74, 6) is -2.02. The number of hydrogen-bond acceptors (Lipinski definition) is 4. The standard InChI is InChI=1S/C16H14F4N2O4/c1-9-5-12(10(2)21(9)8-16(18,19)20)14(23)7-26-15-4-3-11(22(24)25)6-13(15)17/h3-6H,7-8H2,1-2H3. The van der Waals surface area contributed by atoms with Crippen LogP contribution >= 0.6 is 0 Å². The molecule has 0 radical (unpaired) electrons. The van der Waals surface area contributed by atoms with Gasteiger partial charge in [-0.25, -0.2) is 4.39 Å². The molecule has 0 atom stereocenters. The van der Waals surface area contributed by atoms with E-state index in [1.807, 2.05) is 0 Å². The van der Waals surface area contributed by atoms with Gasteiger partial charge >= 0.3 is 6.18 Å². The Hall–Kier alpha value is -2.91. The molecule has 0 spiro atoms. The molecule has 140 valence electrons. The molecule has 0 aliphatic rings. The van der Waals surface area contributed by atoms with Crippen LogP contribution in [-0.2, 0) is 6.54 Å². The average Bonchev–Trinajstić information content (AvgIpc) is 2.80. The number of benzene rings is 1. The van der Waals surface area contributed by atoms with Gasteiger partial charge in [-0.1, -0.05) is 0 Å². The molecule has 0 aliphatic carbocycles. The second-order valence-corrected chi connectivity index (χ2v) is 5.57. The topological polar surface area (TPSA) is 74.4 Å². The highest BCUT2D eigenvalue weighted by molar-refractivity contribution is 5.98.